The fraction of sp³-hybridized carbons (Fsp3) is 0.333. The van der Waals surface area contributed by atoms with Crippen LogP contribution in [0.2, 0.25) is 0 Å². The van der Waals surface area contributed by atoms with Crippen molar-refractivity contribution in [2.24, 2.45) is 5.41 Å². The second-order valence-electron chi connectivity index (χ2n) is 11.2. The number of nitrogens with zero attached hydrogens (tertiary/aromatic N) is 1. The summed E-state index contributed by atoms with van der Waals surface area (Å²) in [5.74, 6) is 1.89. The van der Waals surface area contributed by atoms with Crippen LogP contribution in [0.15, 0.2) is 78.0 Å². The van der Waals surface area contributed by atoms with Gasteiger partial charge in [0.2, 0.25) is 5.91 Å². The van der Waals surface area contributed by atoms with E-state index in [9.17, 15) is 9.59 Å². The summed E-state index contributed by atoms with van der Waals surface area (Å²) in [6.07, 6.45) is 1.10. The summed E-state index contributed by atoms with van der Waals surface area (Å²) in [7, 11) is 4.84. The molecule has 0 fully saturated rings. The minimum Gasteiger partial charge on any atom is -0.497 e. The average Bonchev–Trinajstić information content (AvgIpc) is 3.09. The number of rotatable bonds is 8. The van der Waals surface area contributed by atoms with Gasteiger partial charge in [-0.1, -0.05) is 38.1 Å². The van der Waals surface area contributed by atoms with Crippen LogP contribution in [0, 0.1) is 5.41 Å². The van der Waals surface area contributed by atoms with E-state index < -0.39 is 6.04 Å². The number of benzene rings is 3. The van der Waals surface area contributed by atoms with Crippen molar-refractivity contribution in [3.63, 3.8) is 0 Å². The number of hydrogen-bond acceptors (Lipinski definition) is 7. The molecular weight excluding hydrogens is 518 g/mol. The van der Waals surface area contributed by atoms with Crippen molar-refractivity contribution in [2.45, 2.75) is 39.3 Å². The lowest BCUT2D eigenvalue weighted by molar-refractivity contribution is -0.121. The highest BCUT2D eigenvalue weighted by Crippen LogP contribution is 2.50. The van der Waals surface area contributed by atoms with Crippen molar-refractivity contribution in [1.82, 2.24) is 5.32 Å². The molecule has 0 bridgehead atoms. The Hall–Kier alpha value is -4.46. The van der Waals surface area contributed by atoms with Gasteiger partial charge in [-0.05, 0) is 59.9 Å². The van der Waals surface area contributed by atoms with Gasteiger partial charge in [-0.15, -0.1) is 0 Å². The lowest BCUT2D eigenvalue weighted by Gasteiger charge is -2.38. The van der Waals surface area contributed by atoms with Crippen LogP contribution in [0.25, 0.3) is 0 Å². The molecule has 2 aliphatic rings. The van der Waals surface area contributed by atoms with E-state index >= 15 is 0 Å². The first kappa shape index (κ1) is 28.1. The SMILES string of the molecule is COc1ccc(CNC(=O)CN2c3ccccc3NC3=C(C(=O)CC(C)(C)C3)C2c2cc(OC)ccc2OC)cc1. The number of Topliss-reactive ketones (excluding diaryl/α,β-unsaturated/α-hetero) is 1. The molecule has 0 aromatic heterocycles. The Labute approximate surface area is 241 Å². The van der Waals surface area contributed by atoms with Gasteiger partial charge in [0.15, 0.2) is 5.78 Å². The Balaban J connectivity index is 1.60. The maximum atomic E-state index is 14.0. The molecule has 8 heteroatoms. The van der Waals surface area contributed by atoms with E-state index in [1.165, 1.54) is 0 Å². The lowest BCUT2D eigenvalue weighted by atomic mass is 9.73. The Morgan fingerprint density at radius 2 is 1.66 bits per heavy atom. The molecule has 0 saturated carbocycles. The summed E-state index contributed by atoms with van der Waals surface area (Å²) >= 11 is 0. The number of ether oxygens (including phenoxy) is 3. The first-order chi connectivity index (χ1) is 19.7. The van der Waals surface area contributed by atoms with E-state index in [0.29, 0.717) is 36.5 Å². The minimum absolute atomic E-state index is 0.0212. The van der Waals surface area contributed by atoms with E-state index in [0.717, 1.165) is 33.9 Å². The molecule has 0 spiro atoms. The van der Waals surface area contributed by atoms with Crippen LogP contribution < -0.4 is 29.7 Å². The number of hydrogen-bond donors (Lipinski definition) is 2. The molecule has 1 amide bonds. The number of nitrogens with one attached hydrogen (secondary N) is 2. The van der Waals surface area contributed by atoms with Crippen LogP contribution in [-0.2, 0) is 16.1 Å². The van der Waals surface area contributed by atoms with Crippen molar-refractivity contribution < 1.29 is 23.8 Å². The molecule has 0 saturated heterocycles. The van der Waals surface area contributed by atoms with Crippen LogP contribution >= 0.6 is 0 Å². The number of ketones is 1. The van der Waals surface area contributed by atoms with Gasteiger partial charge in [-0.3, -0.25) is 9.59 Å². The molecule has 41 heavy (non-hydrogen) atoms. The van der Waals surface area contributed by atoms with E-state index in [1.807, 2.05) is 71.6 Å². The van der Waals surface area contributed by atoms with Gasteiger partial charge in [-0.25, -0.2) is 0 Å². The Morgan fingerprint density at radius 3 is 2.37 bits per heavy atom. The van der Waals surface area contributed by atoms with Gasteiger partial charge < -0.3 is 29.7 Å². The number of anilines is 2. The first-order valence-corrected chi connectivity index (χ1v) is 13.7. The van der Waals surface area contributed by atoms with E-state index in [1.54, 1.807) is 21.3 Å². The van der Waals surface area contributed by atoms with Gasteiger partial charge in [0.05, 0.1) is 45.3 Å². The summed E-state index contributed by atoms with van der Waals surface area (Å²) in [5.41, 5.74) is 4.70. The average molecular weight is 556 g/mol. The molecule has 1 aliphatic carbocycles. The molecule has 1 aliphatic heterocycles. The molecule has 1 unspecified atom stereocenters. The van der Waals surface area contributed by atoms with Crippen LogP contribution in [0.1, 0.15) is 43.9 Å². The topological polar surface area (TPSA) is 89.1 Å². The number of para-hydroxylation sites is 2. The van der Waals surface area contributed by atoms with Gasteiger partial charge in [0, 0.05) is 29.8 Å². The maximum Gasteiger partial charge on any atom is 0.239 e. The van der Waals surface area contributed by atoms with Crippen molar-refractivity contribution in [3.8, 4) is 17.2 Å². The zero-order valence-electron chi connectivity index (χ0n) is 24.2. The number of fused-ring (bicyclic) bond motifs is 1. The summed E-state index contributed by atoms with van der Waals surface area (Å²) in [4.78, 5) is 29.5. The van der Waals surface area contributed by atoms with Gasteiger partial charge in [0.1, 0.15) is 17.2 Å². The first-order valence-electron chi connectivity index (χ1n) is 13.7. The molecule has 0 radical (unpaired) electrons. The summed E-state index contributed by atoms with van der Waals surface area (Å²) in [6.45, 7) is 4.61. The Kier molecular flexibility index (Phi) is 7.92. The molecule has 3 aromatic rings. The molecule has 5 rings (SSSR count). The van der Waals surface area contributed by atoms with Gasteiger partial charge >= 0.3 is 0 Å². The fourth-order valence-electron chi connectivity index (χ4n) is 5.76. The van der Waals surface area contributed by atoms with Gasteiger partial charge in [0.25, 0.3) is 0 Å². The Morgan fingerprint density at radius 1 is 0.951 bits per heavy atom. The fourth-order valence-corrected chi connectivity index (χ4v) is 5.76. The Bertz CT molecular complexity index is 1480. The zero-order valence-corrected chi connectivity index (χ0v) is 24.2. The highest BCUT2D eigenvalue weighted by Gasteiger charge is 2.43. The summed E-state index contributed by atoms with van der Waals surface area (Å²) < 4.78 is 16.6. The molecule has 1 heterocycles. The summed E-state index contributed by atoms with van der Waals surface area (Å²) in [6, 6.07) is 20.4. The predicted molar refractivity (Wildman–Crippen MR) is 160 cm³/mol. The van der Waals surface area contributed by atoms with Crippen molar-refractivity contribution in [3.05, 3.63) is 89.1 Å². The van der Waals surface area contributed by atoms with Crippen LogP contribution in [0.4, 0.5) is 11.4 Å². The number of methoxy groups -OCH3 is 3. The molecule has 1 atom stereocenters. The van der Waals surface area contributed by atoms with Gasteiger partial charge in [-0.2, -0.15) is 0 Å². The monoisotopic (exact) mass is 555 g/mol. The van der Waals surface area contributed by atoms with Crippen molar-refractivity contribution in [1.29, 1.82) is 0 Å². The molecule has 8 nitrogen and oxygen atoms in total. The molecule has 214 valence electrons. The minimum atomic E-state index is -0.582. The third-order valence-corrected chi connectivity index (χ3v) is 7.70. The second kappa shape index (κ2) is 11.6. The van der Waals surface area contributed by atoms with Crippen LogP contribution in [0.5, 0.6) is 17.2 Å². The highest BCUT2D eigenvalue weighted by molar-refractivity contribution is 6.02. The third kappa shape index (κ3) is 5.87. The standard InChI is InChI=1S/C33H37N3O5/c1-33(2)17-26-31(28(37)18-33)32(24-16-23(40-4)14-15-29(24)41-5)36(27-9-7-6-8-25(27)35-26)20-30(38)34-19-21-10-12-22(39-3)13-11-21/h6-16,32,35H,17-20H2,1-5H3,(H,34,38). The number of amides is 1. The zero-order chi connectivity index (χ0) is 29.1. The largest absolute Gasteiger partial charge is 0.497 e. The second-order valence-corrected chi connectivity index (χ2v) is 11.2. The number of allylic oxidation sites excluding steroid dienone is 1. The van der Waals surface area contributed by atoms with E-state index in [4.69, 9.17) is 14.2 Å². The van der Waals surface area contributed by atoms with E-state index in [2.05, 4.69) is 24.5 Å². The summed E-state index contributed by atoms with van der Waals surface area (Å²) in [5, 5.41) is 6.64. The maximum absolute atomic E-state index is 14.0. The number of carbonyl (C=O) groups is 2. The number of carbonyl (C=O) groups excluding carboxylic acids is 2. The smallest absolute Gasteiger partial charge is 0.239 e. The lowest BCUT2D eigenvalue weighted by Crippen LogP contribution is -2.42. The van der Waals surface area contributed by atoms with Crippen molar-refractivity contribution in [2.75, 3.05) is 38.1 Å². The van der Waals surface area contributed by atoms with Crippen LogP contribution in [-0.4, -0.2) is 39.6 Å². The molecular formula is C33H37N3O5. The quantitative estimate of drug-likeness (QED) is 0.372. The van der Waals surface area contributed by atoms with E-state index in [-0.39, 0.29) is 23.7 Å². The molecule has 3 aromatic carbocycles. The highest BCUT2D eigenvalue weighted by atomic mass is 16.5. The normalized spacial score (nSPS) is 17.5. The van der Waals surface area contributed by atoms with Crippen molar-refractivity contribution >= 4 is 23.1 Å². The molecule has 2 N–H and O–H groups in total. The predicted octanol–water partition coefficient (Wildman–Crippen LogP) is 5.65. The third-order valence-electron chi connectivity index (χ3n) is 7.70. The van der Waals surface area contributed by atoms with Crippen LogP contribution in [0.3, 0.4) is 0 Å².